The second-order valence-corrected chi connectivity index (χ2v) is 29.7. The van der Waals surface area contributed by atoms with Crippen molar-refractivity contribution in [1.82, 2.24) is 61.1 Å². The molecule has 23 nitrogen and oxygen atoms in total. The van der Waals surface area contributed by atoms with Crippen molar-refractivity contribution in [3.05, 3.63) is 261 Å². The second-order valence-electron chi connectivity index (χ2n) is 29.2. The van der Waals surface area contributed by atoms with Crippen LogP contribution in [0, 0.1) is 34.6 Å². The third-order valence-corrected chi connectivity index (χ3v) is 20.0. The van der Waals surface area contributed by atoms with Crippen molar-refractivity contribution >= 4 is 59.5 Å². The number of para-hydroxylation sites is 2. The molecule has 0 atom stereocenters. The fourth-order valence-corrected chi connectivity index (χ4v) is 12.8. The molecule has 658 valence electrons. The SMILES string of the molecule is C.C1CNCCN1.C=CCc1cccc(/C=N/NC(=O)CN2CCN(Cc3ccc(C)cc3)CC2)c1O.C=CCc1cccc(C=O)c1O.CCOC(=O)CCl.CCOC(=O)CN1CCN(Cc2ccc(C)cc2)CC1.CF.Cc1ccc(CCl)cc1.Cc1ccc(CN2CCN(CC(=O)NN)CC2)cc1.Cc1ccc(CN2CCNCC2)cc1. The predicted octanol–water partition coefficient (Wildman–Crippen LogP) is 11.7. The molecule has 0 spiro atoms. The number of phenolic OH excluding ortho intramolecular Hbond substituents is 2. The van der Waals surface area contributed by atoms with E-state index < -0.39 is 0 Å². The highest BCUT2D eigenvalue weighted by atomic mass is 35.5. The number of rotatable bonds is 25. The fraction of sp³-hybridized carbons (Fsp3) is 0.447. The van der Waals surface area contributed by atoms with Crippen LogP contribution >= 0.6 is 23.2 Å². The molecule has 0 aliphatic carbocycles. The van der Waals surface area contributed by atoms with Gasteiger partial charge in [-0.15, -0.1) is 36.4 Å². The first-order valence-corrected chi connectivity index (χ1v) is 42.1. The number of hydrazine groups is 1. The molecule has 0 saturated carbocycles. The molecule has 0 bridgehead atoms. The van der Waals surface area contributed by atoms with Gasteiger partial charge in [-0.3, -0.25) is 68.1 Å². The summed E-state index contributed by atoms with van der Waals surface area (Å²) in [4.78, 5) is 71.5. The molecule has 5 aliphatic heterocycles. The normalized spacial score (nSPS) is 15.0. The van der Waals surface area contributed by atoms with Gasteiger partial charge in [0.2, 0.25) is 5.91 Å². The van der Waals surface area contributed by atoms with Gasteiger partial charge in [-0.2, -0.15) is 5.10 Å². The third kappa shape index (κ3) is 45.5. The Hall–Kier alpha value is -9.09. The number of amides is 2. The number of allylic oxidation sites excluding steroid dienone is 2. The van der Waals surface area contributed by atoms with E-state index >= 15 is 0 Å². The number of esters is 2. The van der Waals surface area contributed by atoms with Crippen molar-refractivity contribution in [3.63, 3.8) is 0 Å². The Bertz CT molecular complexity index is 3970. The molecule has 0 aromatic heterocycles. The lowest BCUT2D eigenvalue weighted by molar-refractivity contribution is -0.145. The molecule has 5 saturated heterocycles. The van der Waals surface area contributed by atoms with Crippen LogP contribution in [0.4, 0.5) is 4.39 Å². The quantitative estimate of drug-likeness (QED) is 0.00386. The van der Waals surface area contributed by atoms with E-state index in [1.807, 2.05) is 31.2 Å². The van der Waals surface area contributed by atoms with Gasteiger partial charge in [-0.1, -0.05) is 193 Å². The minimum absolute atomic E-state index is 0. The predicted molar refractivity (Wildman–Crippen MR) is 490 cm³/mol. The molecule has 120 heavy (non-hydrogen) atoms. The minimum atomic E-state index is -0.357. The van der Waals surface area contributed by atoms with Crippen molar-refractivity contribution in [2.75, 3.05) is 177 Å². The second kappa shape index (κ2) is 63.8. The van der Waals surface area contributed by atoms with E-state index in [0.29, 0.717) is 76.2 Å². The number of aryl methyl sites for hydroxylation is 5. The molecule has 5 aliphatic rings. The molecule has 0 radical (unpaired) electrons. The lowest BCUT2D eigenvalue weighted by Crippen LogP contribution is -2.49. The molecule has 12 rings (SSSR count). The van der Waals surface area contributed by atoms with E-state index in [-0.39, 0.29) is 48.6 Å². The van der Waals surface area contributed by atoms with E-state index in [1.165, 1.54) is 74.9 Å². The van der Waals surface area contributed by atoms with Crippen molar-refractivity contribution in [3.8, 4) is 11.5 Å². The monoisotopic (exact) mass is 1700 g/mol. The summed E-state index contributed by atoms with van der Waals surface area (Å²) in [6.45, 7) is 47.8. The fourth-order valence-electron chi connectivity index (χ4n) is 12.6. The number of hydrazone groups is 1. The number of carbonyl (C=O) groups excluding carboxylic acids is 5. The zero-order valence-corrected chi connectivity index (χ0v) is 73.1. The topological polar surface area (TPSA) is 265 Å². The summed E-state index contributed by atoms with van der Waals surface area (Å²) in [5.41, 5.74) is 20.3. The maximum Gasteiger partial charge on any atom is 0.320 e. The summed E-state index contributed by atoms with van der Waals surface area (Å²) >= 11 is 10.6. The average molecular weight is 1700 g/mol. The lowest BCUT2D eigenvalue weighted by Gasteiger charge is -2.34. The largest absolute Gasteiger partial charge is 0.507 e. The number of carbonyl (C=O) groups is 5. The number of aldehydes is 1. The molecule has 26 heteroatoms. The number of piperazine rings is 5. The zero-order valence-electron chi connectivity index (χ0n) is 71.6. The van der Waals surface area contributed by atoms with E-state index in [2.05, 4.69) is 228 Å². The van der Waals surface area contributed by atoms with E-state index in [0.717, 1.165) is 155 Å². The molecule has 5 fully saturated rings. The van der Waals surface area contributed by atoms with E-state index in [9.17, 15) is 38.6 Å². The molecular formula is C94H137Cl2FN14O9. The molecular weight excluding hydrogens is 1560 g/mol. The maximum atomic E-state index is 12.2. The van der Waals surface area contributed by atoms with Crippen LogP contribution < -0.4 is 32.6 Å². The standard InChI is InChI=1S/C24H30N4O2.C16H24N2O2.C14H22N4O.C12H18N2.C10H10O2.C8H9Cl.C4H7ClO2.C4H10N2.CH3F.CH4/c1-3-5-21-6-4-7-22(24(21)30)16-25-26-23(29)18-28-14-12-27(13-15-28)17-20-10-8-19(2)9-11-20;1-3-20-16(19)13-18-10-8-17(9-11-18)12-15-6-4-14(2)5-7-15;1-12-2-4-13(5-3-12)10-17-6-8-18(9-7-17)11-14(19)16-15;1-11-2-4-12(5-3-11)10-14-8-6-13-7-9-14;1-2-4-8-5-3-6-9(7-11)10(8)12;1-7-2-4-8(6-9)5-3-7;1-2-7-4(6)3-5;1-2-6-4-3-5-1;1-2;/h3-4,6-11,16,30H,1,5,12-15,17-18H2,2H3,(H,26,29);4-7H,3,8-13H2,1-2H3;2-5H,6-11,15H2,1H3,(H,16,19);2-5,13H,6-10H2,1H3;2-3,5-7,12H,1,4H2;2-5H,6H2,1H3;2-3H2,1H3;5-6H,1-4H2;1H3;1H4/b25-16+;;;;;;;;;. The van der Waals surface area contributed by atoms with Crippen LogP contribution in [-0.4, -0.2) is 258 Å². The van der Waals surface area contributed by atoms with E-state index in [4.69, 9.17) is 33.8 Å². The van der Waals surface area contributed by atoms with Crippen LogP contribution in [0.25, 0.3) is 0 Å². The van der Waals surface area contributed by atoms with Gasteiger partial charge < -0.3 is 35.6 Å². The first-order valence-electron chi connectivity index (χ1n) is 41.0. The Balaban J connectivity index is 0.000000370. The third-order valence-electron chi connectivity index (χ3n) is 19.5. The number of nitrogens with two attached hydrogens (primary N) is 1. The van der Waals surface area contributed by atoms with Gasteiger partial charge >= 0.3 is 11.9 Å². The minimum Gasteiger partial charge on any atom is -0.507 e. The highest BCUT2D eigenvalue weighted by Crippen LogP contribution is 2.23. The van der Waals surface area contributed by atoms with E-state index in [1.54, 1.807) is 43.3 Å². The Morgan fingerprint density at radius 2 is 0.758 bits per heavy atom. The average Bonchev–Trinajstić information content (AvgIpc) is 0.872. The van der Waals surface area contributed by atoms with Crippen molar-refractivity contribution in [2.24, 2.45) is 10.9 Å². The van der Waals surface area contributed by atoms with Gasteiger partial charge in [0, 0.05) is 169 Å². The number of benzene rings is 7. The number of nitrogens with one attached hydrogen (secondary N) is 5. The van der Waals surface area contributed by atoms with Crippen LogP contribution in [0.5, 0.6) is 11.5 Å². The Labute approximate surface area is 725 Å². The number of nitrogens with zero attached hydrogens (tertiary/aromatic N) is 8. The first-order chi connectivity index (χ1) is 57.7. The Kier molecular flexibility index (Phi) is 55.9. The van der Waals surface area contributed by atoms with Gasteiger partial charge in [0.25, 0.3) is 5.91 Å². The number of hydrogen-bond acceptors (Lipinski definition) is 21. The van der Waals surface area contributed by atoms with Crippen LogP contribution in [0.1, 0.15) is 104 Å². The zero-order chi connectivity index (χ0) is 86.8. The summed E-state index contributed by atoms with van der Waals surface area (Å²) < 4.78 is 18.9. The molecule has 7 aromatic carbocycles. The Morgan fingerprint density at radius 3 is 1.07 bits per heavy atom. The summed E-state index contributed by atoms with van der Waals surface area (Å²) in [6, 6.07) is 53.6. The van der Waals surface area contributed by atoms with Crippen LogP contribution in [-0.2, 0) is 73.6 Å². The number of halogens is 3. The van der Waals surface area contributed by atoms with Gasteiger partial charge in [-0.25, -0.2) is 11.3 Å². The van der Waals surface area contributed by atoms with Crippen molar-refractivity contribution in [2.45, 2.75) is 101 Å². The van der Waals surface area contributed by atoms with Crippen LogP contribution in [0.15, 0.2) is 188 Å². The molecule has 9 N–H and O–H groups in total. The highest BCUT2D eigenvalue weighted by molar-refractivity contribution is 6.26. The number of phenols is 2. The smallest absolute Gasteiger partial charge is 0.320 e. The summed E-state index contributed by atoms with van der Waals surface area (Å²) in [7, 11) is 0.500. The van der Waals surface area contributed by atoms with Crippen molar-refractivity contribution < 1.29 is 48.0 Å². The number of alkyl halides is 3. The van der Waals surface area contributed by atoms with Gasteiger partial charge in [-0.05, 0) is 112 Å². The Morgan fingerprint density at radius 1 is 0.450 bits per heavy atom. The van der Waals surface area contributed by atoms with Gasteiger partial charge in [0.1, 0.15) is 17.4 Å². The highest BCUT2D eigenvalue weighted by Gasteiger charge is 2.22. The molecule has 7 aromatic rings. The van der Waals surface area contributed by atoms with Crippen LogP contribution in [0.3, 0.4) is 0 Å². The number of ether oxygens (including phenoxy) is 2. The van der Waals surface area contributed by atoms with Gasteiger partial charge in [0.05, 0.1) is 51.8 Å². The molecule has 0 unspecified atom stereocenters. The molecule has 2 amide bonds. The lowest BCUT2D eigenvalue weighted by atomic mass is 10.1. The number of aromatic hydroxyl groups is 2. The summed E-state index contributed by atoms with van der Waals surface area (Å²) in [6.07, 6.45) is 6.69. The first kappa shape index (κ1) is 105. The number of hydrogen-bond donors (Lipinski definition) is 8. The van der Waals surface area contributed by atoms with Gasteiger partial charge in [0.15, 0.2) is 6.29 Å². The van der Waals surface area contributed by atoms with Crippen molar-refractivity contribution in [1.29, 1.82) is 0 Å². The maximum absolute atomic E-state index is 12.2. The summed E-state index contributed by atoms with van der Waals surface area (Å²) in [5.74, 6) is 5.15. The van der Waals surface area contributed by atoms with Crippen LogP contribution in [0.2, 0.25) is 0 Å². The molecule has 5 heterocycles. The summed E-state index contributed by atoms with van der Waals surface area (Å²) in [5, 5.41) is 33.5.